The molecule has 0 unspecified atom stereocenters. The predicted octanol–water partition coefficient (Wildman–Crippen LogP) is 9.58. The molecule has 0 N–H and O–H groups in total. The summed E-state index contributed by atoms with van der Waals surface area (Å²) in [5, 5.41) is 0. The number of aromatic nitrogens is 4. The Morgan fingerprint density at radius 3 is 1.30 bits per heavy atom. The van der Waals surface area contributed by atoms with Gasteiger partial charge in [0.15, 0.2) is 17.5 Å². The van der Waals surface area contributed by atoms with Crippen LogP contribution in [0.25, 0.3) is 67.7 Å². The van der Waals surface area contributed by atoms with Gasteiger partial charge in [-0.2, -0.15) is 0 Å². The molecule has 0 bridgehead atoms. The molecule has 5 aromatic carbocycles. The van der Waals surface area contributed by atoms with Gasteiger partial charge in [-0.05, 0) is 59.5 Å². The number of nitrogens with zero attached hydrogens (tertiary/aromatic N) is 4. The highest BCUT2D eigenvalue weighted by Crippen LogP contribution is 2.33. The third kappa shape index (κ3) is 5.72. The fourth-order valence-electron chi connectivity index (χ4n) is 5.12. The van der Waals surface area contributed by atoms with E-state index in [1.807, 2.05) is 60.8 Å². The summed E-state index contributed by atoms with van der Waals surface area (Å²) in [6.07, 6.45) is 1.85. The van der Waals surface area contributed by atoms with Gasteiger partial charge in [-0.15, -0.1) is 0 Å². The Kier molecular flexibility index (Phi) is 7.08. The largest absolute Gasteiger partial charge is 0.255 e. The summed E-state index contributed by atoms with van der Waals surface area (Å²) in [5.41, 5.74) is 10.4. The van der Waals surface area contributed by atoms with Crippen LogP contribution in [0.15, 0.2) is 152 Å². The van der Waals surface area contributed by atoms with Gasteiger partial charge >= 0.3 is 0 Å². The smallest absolute Gasteiger partial charge is 0.165 e. The first-order valence-corrected chi connectivity index (χ1v) is 14.3. The Morgan fingerprint density at radius 2 is 0.791 bits per heavy atom. The minimum Gasteiger partial charge on any atom is -0.255 e. The van der Waals surface area contributed by atoms with Crippen LogP contribution in [0.4, 0.5) is 0 Å². The zero-order valence-electron chi connectivity index (χ0n) is 23.7. The van der Waals surface area contributed by atoms with Gasteiger partial charge < -0.3 is 0 Å². The van der Waals surface area contributed by atoms with E-state index in [0.29, 0.717) is 17.5 Å². The van der Waals surface area contributed by atoms with Crippen molar-refractivity contribution in [2.75, 3.05) is 0 Å². The summed E-state index contributed by atoms with van der Waals surface area (Å²) < 4.78 is 0. The minimum atomic E-state index is 0.582. The lowest BCUT2D eigenvalue weighted by Gasteiger charge is -2.12. The van der Waals surface area contributed by atoms with E-state index in [0.717, 1.165) is 50.2 Å². The maximum Gasteiger partial charge on any atom is 0.165 e. The van der Waals surface area contributed by atoms with E-state index in [2.05, 4.69) is 97.9 Å². The highest BCUT2D eigenvalue weighted by molar-refractivity contribution is 5.80. The molecule has 2 aromatic heterocycles. The molecular formula is C39H28N4. The zero-order chi connectivity index (χ0) is 29.0. The highest BCUT2D eigenvalue weighted by Gasteiger charge is 2.15. The number of rotatable bonds is 6. The first-order valence-electron chi connectivity index (χ1n) is 14.3. The van der Waals surface area contributed by atoms with Crippen molar-refractivity contribution in [2.24, 2.45) is 0 Å². The van der Waals surface area contributed by atoms with Gasteiger partial charge in [-0.25, -0.2) is 15.0 Å². The summed E-state index contributed by atoms with van der Waals surface area (Å²) in [5.74, 6) is 1.81. The second-order valence-electron chi connectivity index (χ2n) is 10.5. The SMILES string of the molecule is Cc1ccc(-c2ccc(-c3nc(-c4ccccc4)nc(-c4cc(-c5ccccc5)cc(-c5ccccc5)c4)n3)cn2)cc1. The van der Waals surface area contributed by atoms with Crippen molar-refractivity contribution in [3.63, 3.8) is 0 Å². The van der Waals surface area contributed by atoms with E-state index in [1.165, 1.54) is 5.56 Å². The fourth-order valence-corrected chi connectivity index (χ4v) is 5.12. The van der Waals surface area contributed by atoms with Crippen LogP contribution in [0, 0.1) is 6.92 Å². The van der Waals surface area contributed by atoms with E-state index < -0.39 is 0 Å². The molecule has 0 fully saturated rings. The Hall–Kier alpha value is -5.74. The lowest BCUT2D eigenvalue weighted by molar-refractivity contribution is 1.07. The normalized spacial score (nSPS) is 10.9. The monoisotopic (exact) mass is 552 g/mol. The Bertz CT molecular complexity index is 1930. The van der Waals surface area contributed by atoms with E-state index in [1.54, 1.807) is 0 Å². The van der Waals surface area contributed by atoms with E-state index in [-0.39, 0.29) is 0 Å². The Balaban J connectivity index is 1.38. The van der Waals surface area contributed by atoms with Gasteiger partial charge in [-0.1, -0.05) is 121 Å². The van der Waals surface area contributed by atoms with Gasteiger partial charge in [0.25, 0.3) is 0 Å². The molecule has 0 aliphatic rings. The summed E-state index contributed by atoms with van der Waals surface area (Å²) in [6, 6.07) is 49.9. The molecule has 4 nitrogen and oxygen atoms in total. The third-order valence-electron chi connectivity index (χ3n) is 7.44. The van der Waals surface area contributed by atoms with Gasteiger partial charge in [0, 0.05) is 28.5 Å². The molecule has 43 heavy (non-hydrogen) atoms. The van der Waals surface area contributed by atoms with Crippen LogP contribution in [0.1, 0.15) is 5.56 Å². The molecule has 0 spiro atoms. The molecule has 7 aromatic rings. The molecule has 2 heterocycles. The van der Waals surface area contributed by atoms with Crippen molar-refractivity contribution in [3.05, 3.63) is 157 Å². The molecule has 4 heteroatoms. The molecule has 204 valence electrons. The standard InChI is InChI=1S/C39H28N4/c1-27-17-19-30(20-18-27)36-22-21-32(26-40-36)38-41-37(31-15-9-4-10-16-31)42-39(43-38)35-24-33(28-11-5-2-6-12-28)23-34(25-35)29-13-7-3-8-14-29/h2-26H,1H3. The number of aryl methyl sites for hydroxylation is 1. The quantitative estimate of drug-likeness (QED) is 0.206. The average molecular weight is 553 g/mol. The Labute approximate surface area is 251 Å². The molecular weight excluding hydrogens is 524 g/mol. The van der Waals surface area contributed by atoms with Gasteiger partial charge in [0.05, 0.1) is 5.69 Å². The zero-order valence-corrected chi connectivity index (χ0v) is 23.7. The van der Waals surface area contributed by atoms with Crippen LogP contribution >= 0.6 is 0 Å². The lowest BCUT2D eigenvalue weighted by atomic mass is 9.96. The maximum atomic E-state index is 5.02. The van der Waals surface area contributed by atoms with Crippen LogP contribution in [0.2, 0.25) is 0 Å². The summed E-state index contributed by atoms with van der Waals surface area (Å²) in [6.45, 7) is 2.08. The molecule has 7 rings (SSSR count). The third-order valence-corrected chi connectivity index (χ3v) is 7.44. The van der Waals surface area contributed by atoms with Gasteiger partial charge in [0.1, 0.15) is 0 Å². The second kappa shape index (κ2) is 11.6. The van der Waals surface area contributed by atoms with E-state index >= 15 is 0 Å². The molecule has 0 aliphatic heterocycles. The number of pyridine rings is 1. The molecule has 0 saturated carbocycles. The van der Waals surface area contributed by atoms with Crippen molar-refractivity contribution in [1.82, 2.24) is 19.9 Å². The molecule has 0 aliphatic carbocycles. The van der Waals surface area contributed by atoms with Crippen LogP contribution in [0.3, 0.4) is 0 Å². The number of hydrogen-bond acceptors (Lipinski definition) is 4. The maximum absolute atomic E-state index is 5.02. The van der Waals surface area contributed by atoms with Crippen LogP contribution < -0.4 is 0 Å². The molecule has 0 atom stereocenters. The van der Waals surface area contributed by atoms with Gasteiger partial charge in [-0.3, -0.25) is 4.98 Å². The number of hydrogen-bond donors (Lipinski definition) is 0. The first-order chi connectivity index (χ1) is 21.2. The highest BCUT2D eigenvalue weighted by atomic mass is 15.0. The van der Waals surface area contributed by atoms with E-state index in [9.17, 15) is 0 Å². The van der Waals surface area contributed by atoms with Crippen molar-refractivity contribution < 1.29 is 0 Å². The summed E-state index contributed by atoms with van der Waals surface area (Å²) in [4.78, 5) is 19.7. The van der Waals surface area contributed by atoms with Crippen molar-refractivity contribution in [1.29, 1.82) is 0 Å². The molecule has 0 saturated heterocycles. The van der Waals surface area contributed by atoms with E-state index in [4.69, 9.17) is 19.9 Å². The average Bonchev–Trinajstić information content (AvgIpc) is 3.09. The van der Waals surface area contributed by atoms with Crippen molar-refractivity contribution >= 4 is 0 Å². The second-order valence-corrected chi connectivity index (χ2v) is 10.5. The van der Waals surface area contributed by atoms with Crippen LogP contribution in [-0.4, -0.2) is 19.9 Å². The first kappa shape index (κ1) is 26.2. The minimum absolute atomic E-state index is 0.582. The molecule has 0 radical (unpaired) electrons. The lowest BCUT2D eigenvalue weighted by Crippen LogP contribution is -2.01. The van der Waals surface area contributed by atoms with Crippen molar-refractivity contribution in [2.45, 2.75) is 6.92 Å². The topological polar surface area (TPSA) is 51.6 Å². The number of benzene rings is 5. The Morgan fingerprint density at radius 1 is 0.349 bits per heavy atom. The predicted molar refractivity (Wildman–Crippen MR) is 175 cm³/mol. The summed E-state index contributed by atoms with van der Waals surface area (Å²) >= 11 is 0. The fraction of sp³-hybridized carbons (Fsp3) is 0.0256. The summed E-state index contributed by atoms with van der Waals surface area (Å²) in [7, 11) is 0. The molecule has 0 amide bonds. The van der Waals surface area contributed by atoms with Crippen LogP contribution in [-0.2, 0) is 0 Å². The van der Waals surface area contributed by atoms with Crippen LogP contribution in [0.5, 0.6) is 0 Å². The van der Waals surface area contributed by atoms with Crippen molar-refractivity contribution in [3.8, 4) is 67.7 Å². The van der Waals surface area contributed by atoms with Gasteiger partial charge in [0.2, 0.25) is 0 Å².